The Bertz CT molecular complexity index is 533. The SMILES string of the molecule is CCNCc1noc(-c2c(F)cc(F)cc2F)n1. The Labute approximate surface area is 101 Å². The first-order valence-electron chi connectivity index (χ1n) is 5.30. The molecule has 18 heavy (non-hydrogen) atoms. The van der Waals surface area contributed by atoms with Crippen LogP contribution in [0.3, 0.4) is 0 Å². The lowest BCUT2D eigenvalue weighted by Gasteiger charge is -1.99. The maximum absolute atomic E-state index is 13.4. The molecule has 0 amide bonds. The summed E-state index contributed by atoms with van der Waals surface area (Å²) in [5.74, 6) is -3.19. The molecule has 0 bridgehead atoms. The Morgan fingerprint density at radius 3 is 2.50 bits per heavy atom. The highest BCUT2D eigenvalue weighted by Crippen LogP contribution is 2.25. The van der Waals surface area contributed by atoms with Crippen molar-refractivity contribution in [2.75, 3.05) is 6.54 Å². The predicted octanol–water partition coefficient (Wildman–Crippen LogP) is 2.26. The number of nitrogens with one attached hydrogen (secondary N) is 1. The van der Waals surface area contributed by atoms with Gasteiger partial charge in [0.1, 0.15) is 23.0 Å². The van der Waals surface area contributed by atoms with E-state index in [0.717, 1.165) is 0 Å². The van der Waals surface area contributed by atoms with Gasteiger partial charge in [-0.25, -0.2) is 13.2 Å². The van der Waals surface area contributed by atoms with Crippen LogP contribution in [0.2, 0.25) is 0 Å². The first-order valence-corrected chi connectivity index (χ1v) is 5.30. The average Bonchev–Trinajstić information content (AvgIpc) is 2.73. The third kappa shape index (κ3) is 2.51. The van der Waals surface area contributed by atoms with Crippen LogP contribution >= 0.6 is 0 Å². The zero-order valence-corrected chi connectivity index (χ0v) is 9.51. The van der Waals surface area contributed by atoms with Crippen LogP contribution in [0.15, 0.2) is 16.7 Å². The first kappa shape index (κ1) is 12.6. The quantitative estimate of drug-likeness (QED) is 0.912. The molecule has 0 radical (unpaired) electrons. The normalized spacial score (nSPS) is 10.9. The number of hydrogen-bond acceptors (Lipinski definition) is 4. The van der Waals surface area contributed by atoms with Crippen LogP contribution in [0.1, 0.15) is 12.7 Å². The molecule has 96 valence electrons. The lowest BCUT2D eigenvalue weighted by molar-refractivity contribution is 0.414. The molecule has 0 atom stereocenters. The standard InChI is InChI=1S/C11H10F3N3O/c1-2-15-5-9-16-11(18-17-9)10-7(13)3-6(12)4-8(10)14/h3-4,15H,2,5H2,1H3. The Morgan fingerprint density at radius 1 is 1.22 bits per heavy atom. The van der Waals surface area contributed by atoms with Gasteiger partial charge in [0, 0.05) is 12.1 Å². The van der Waals surface area contributed by atoms with Crippen LogP contribution in [0.4, 0.5) is 13.2 Å². The zero-order valence-electron chi connectivity index (χ0n) is 9.51. The van der Waals surface area contributed by atoms with Gasteiger partial charge < -0.3 is 9.84 Å². The van der Waals surface area contributed by atoms with Gasteiger partial charge in [-0.3, -0.25) is 0 Å². The van der Waals surface area contributed by atoms with Crippen molar-refractivity contribution >= 4 is 0 Å². The zero-order chi connectivity index (χ0) is 13.1. The van der Waals surface area contributed by atoms with Crippen LogP contribution in [-0.2, 0) is 6.54 Å². The van der Waals surface area contributed by atoms with Crippen molar-refractivity contribution in [3.8, 4) is 11.5 Å². The molecule has 0 saturated heterocycles. The molecule has 0 saturated carbocycles. The number of halogens is 3. The van der Waals surface area contributed by atoms with Crippen molar-refractivity contribution in [2.24, 2.45) is 0 Å². The minimum Gasteiger partial charge on any atom is -0.334 e. The third-order valence-corrected chi connectivity index (χ3v) is 2.22. The monoisotopic (exact) mass is 257 g/mol. The van der Waals surface area contributed by atoms with E-state index in [-0.39, 0.29) is 11.7 Å². The summed E-state index contributed by atoms with van der Waals surface area (Å²) in [7, 11) is 0. The molecule has 1 aromatic carbocycles. The highest BCUT2D eigenvalue weighted by Gasteiger charge is 2.19. The van der Waals surface area contributed by atoms with Crippen LogP contribution in [-0.4, -0.2) is 16.7 Å². The average molecular weight is 257 g/mol. The smallest absolute Gasteiger partial charge is 0.263 e. The molecule has 0 fully saturated rings. The Hall–Kier alpha value is -1.89. The van der Waals surface area contributed by atoms with Gasteiger partial charge in [0.25, 0.3) is 5.89 Å². The van der Waals surface area contributed by atoms with E-state index >= 15 is 0 Å². The number of aromatic nitrogens is 2. The molecule has 2 rings (SSSR count). The Kier molecular flexibility index (Phi) is 3.61. The Balaban J connectivity index is 2.34. The van der Waals surface area contributed by atoms with Gasteiger partial charge in [-0.1, -0.05) is 12.1 Å². The fourth-order valence-corrected chi connectivity index (χ4v) is 1.41. The molecular weight excluding hydrogens is 247 g/mol. The molecular formula is C11H10F3N3O. The van der Waals surface area contributed by atoms with Gasteiger partial charge in [0.05, 0.1) is 6.54 Å². The summed E-state index contributed by atoms with van der Waals surface area (Å²) in [6, 6.07) is 1.12. The van der Waals surface area contributed by atoms with E-state index in [1.807, 2.05) is 6.92 Å². The molecule has 0 unspecified atom stereocenters. The molecule has 0 aliphatic rings. The maximum atomic E-state index is 13.4. The molecule has 1 N–H and O–H groups in total. The van der Waals surface area contributed by atoms with Crippen molar-refractivity contribution in [3.63, 3.8) is 0 Å². The van der Waals surface area contributed by atoms with Gasteiger partial charge in [0.2, 0.25) is 0 Å². The van der Waals surface area contributed by atoms with Gasteiger partial charge >= 0.3 is 0 Å². The van der Waals surface area contributed by atoms with E-state index in [1.54, 1.807) is 0 Å². The second-order valence-corrected chi connectivity index (χ2v) is 3.54. The van der Waals surface area contributed by atoms with E-state index in [4.69, 9.17) is 4.52 Å². The van der Waals surface area contributed by atoms with Crippen molar-refractivity contribution in [1.82, 2.24) is 15.5 Å². The summed E-state index contributed by atoms with van der Waals surface area (Å²) in [4.78, 5) is 3.83. The van der Waals surface area contributed by atoms with Gasteiger partial charge in [-0.2, -0.15) is 4.98 Å². The number of benzene rings is 1. The molecule has 0 aliphatic carbocycles. The van der Waals surface area contributed by atoms with Crippen LogP contribution in [0, 0.1) is 17.5 Å². The van der Waals surface area contributed by atoms with Gasteiger partial charge in [-0.05, 0) is 6.54 Å². The predicted molar refractivity (Wildman–Crippen MR) is 57.0 cm³/mol. The minimum absolute atomic E-state index is 0.273. The summed E-state index contributed by atoms with van der Waals surface area (Å²) < 4.78 is 44.4. The maximum Gasteiger partial charge on any atom is 0.263 e. The third-order valence-electron chi connectivity index (χ3n) is 2.22. The fraction of sp³-hybridized carbons (Fsp3) is 0.273. The molecule has 0 spiro atoms. The van der Waals surface area contributed by atoms with Crippen molar-refractivity contribution in [2.45, 2.75) is 13.5 Å². The molecule has 7 heteroatoms. The summed E-state index contributed by atoms with van der Waals surface area (Å²) in [6.45, 7) is 2.91. The van der Waals surface area contributed by atoms with Crippen molar-refractivity contribution in [1.29, 1.82) is 0 Å². The first-order chi connectivity index (χ1) is 8.61. The van der Waals surface area contributed by atoms with E-state index in [2.05, 4.69) is 15.5 Å². The lowest BCUT2D eigenvalue weighted by Crippen LogP contribution is -2.12. The highest BCUT2D eigenvalue weighted by molar-refractivity contribution is 5.54. The fourth-order valence-electron chi connectivity index (χ4n) is 1.41. The second kappa shape index (κ2) is 5.18. The topological polar surface area (TPSA) is 51.0 Å². The molecule has 0 aliphatic heterocycles. The van der Waals surface area contributed by atoms with E-state index in [9.17, 15) is 13.2 Å². The van der Waals surface area contributed by atoms with Crippen LogP contribution < -0.4 is 5.32 Å². The second-order valence-electron chi connectivity index (χ2n) is 3.54. The number of hydrogen-bond donors (Lipinski definition) is 1. The van der Waals surface area contributed by atoms with E-state index in [0.29, 0.717) is 25.2 Å². The highest BCUT2D eigenvalue weighted by atomic mass is 19.1. The van der Waals surface area contributed by atoms with E-state index in [1.165, 1.54) is 0 Å². The Morgan fingerprint density at radius 2 is 1.89 bits per heavy atom. The molecule has 2 aromatic rings. The van der Waals surface area contributed by atoms with E-state index < -0.39 is 23.0 Å². The summed E-state index contributed by atoms with van der Waals surface area (Å²) >= 11 is 0. The minimum atomic E-state index is -1.08. The van der Waals surface area contributed by atoms with Crippen molar-refractivity contribution < 1.29 is 17.7 Å². The van der Waals surface area contributed by atoms with Gasteiger partial charge in [-0.15, -0.1) is 0 Å². The van der Waals surface area contributed by atoms with Crippen LogP contribution in [0.5, 0.6) is 0 Å². The summed E-state index contributed by atoms with van der Waals surface area (Å²) in [6.07, 6.45) is 0. The van der Waals surface area contributed by atoms with Gasteiger partial charge in [0.15, 0.2) is 5.82 Å². The number of rotatable bonds is 4. The largest absolute Gasteiger partial charge is 0.334 e. The molecule has 1 heterocycles. The number of nitrogens with zero attached hydrogens (tertiary/aromatic N) is 2. The lowest BCUT2D eigenvalue weighted by atomic mass is 10.2. The summed E-state index contributed by atoms with van der Waals surface area (Å²) in [5.41, 5.74) is -0.522. The molecule has 4 nitrogen and oxygen atoms in total. The van der Waals surface area contributed by atoms with Crippen LogP contribution in [0.25, 0.3) is 11.5 Å². The molecule has 1 aromatic heterocycles. The summed E-state index contributed by atoms with van der Waals surface area (Å²) in [5, 5.41) is 6.49. The van der Waals surface area contributed by atoms with Crippen molar-refractivity contribution in [3.05, 3.63) is 35.4 Å².